The molecule has 0 unspecified atom stereocenters. The Labute approximate surface area is 159 Å². The molecule has 0 atom stereocenters. The highest BCUT2D eigenvalue weighted by molar-refractivity contribution is 6.32. The van der Waals surface area contributed by atoms with Gasteiger partial charge in [-0.25, -0.2) is 4.79 Å². The second-order valence-electron chi connectivity index (χ2n) is 6.96. The van der Waals surface area contributed by atoms with Crippen molar-refractivity contribution in [1.82, 2.24) is 0 Å². The lowest BCUT2D eigenvalue weighted by Crippen LogP contribution is -2.42. The van der Waals surface area contributed by atoms with Crippen LogP contribution in [0.4, 0.5) is 5.69 Å². The summed E-state index contributed by atoms with van der Waals surface area (Å²) in [5, 5.41) is 11.5. The number of carbonyl (C=O) groups is 1. The third kappa shape index (κ3) is 2.87. The summed E-state index contributed by atoms with van der Waals surface area (Å²) >= 11 is 0. The van der Waals surface area contributed by atoms with Crippen LogP contribution in [0, 0.1) is 10.1 Å². The first-order valence-corrected chi connectivity index (χ1v) is 8.53. The van der Waals surface area contributed by atoms with Crippen LogP contribution in [0.1, 0.15) is 25.0 Å². The molecule has 0 aliphatic carbocycles. The molecule has 0 saturated carbocycles. The van der Waals surface area contributed by atoms with Gasteiger partial charge in [-0.3, -0.25) is 14.9 Å². The molecule has 0 N–H and O–H groups in total. The maximum atomic E-state index is 13.1. The fourth-order valence-corrected chi connectivity index (χ4v) is 3.21. The van der Waals surface area contributed by atoms with Crippen LogP contribution in [-0.2, 0) is 4.79 Å². The van der Waals surface area contributed by atoms with Crippen LogP contribution in [0.5, 0.6) is 5.75 Å². The third-order valence-corrected chi connectivity index (χ3v) is 4.59. The molecule has 3 aromatic rings. The van der Waals surface area contributed by atoms with Gasteiger partial charge < -0.3 is 9.15 Å². The molecule has 0 fully saturated rings. The summed E-state index contributed by atoms with van der Waals surface area (Å²) in [5.41, 5.74) is -0.0964. The third-order valence-electron chi connectivity index (χ3n) is 4.59. The lowest BCUT2D eigenvalue weighted by molar-refractivity contribution is -0.384. The number of ether oxygens (including phenoxy) is 1. The average molecular weight is 377 g/mol. The van der Waals surface area contributed by atoms with E-state index in [1.165, 1.54) is 18.2 Å². The number of nitro benzene ring substituents is 1. The number of benzene rings is 2. The number of nitro groups is 1. The predicted octanol–water partition coefficient (Wildman–Crippen LogP) is 3.98. The van der Waals surface area contributed by atoms with Crippen LogP contribution < -0.4 is 10.4 Å². The van der Waals surface area contributed by atoms with E-state index in [9.17, 15) is 19.7 Å². The van der Waals surface area contributed by atoms with Crippen LogP contribution in [-0.4, -0.2) is 16.3 Å². The van der Waals surface area contributed by atoms with Crippen LogP contribution in [0.15, 0.2) is 57.7 Å². The molecule has 0 amide bonds. The summed E-state index contributed by atoms with van der Waals surface area (Å²) in [5.74, 6) is 0.150. The molecule has 0 radical (unpaired) electrons. The Kier molecular flexibility index (Phi) is 3.88. The molecule has 1 aliphatic rings. The van der Waals surface area contributed by atoms with Crippen molar-refractivity contribution >= 4 is 34.1 Å². The highest BCUT2D eigenvalue weighted by atomic mass is 16.6. The van der Waals surface area contributed by atoms with Crippen LogP contribution in [0.2, 0.25) is 0 Å². The average Bonchev–Trinajstić information content (AvgIpc) is 2.65. The number of hydrogen-bond acceptors (Lipinski definition) is 6. The van der Waals surface area contributed by atoms with Gasteiger partial charge in [0.2, 0.25) is 5.78 Å². The number of fused-ring (bicyclic) bond motifs is 3. The van der Waals surface area contributed by atoms with E-state index in [1.807, 2.05) is 0 Å². The molecule has 0 spiro atoms. The summed E-state index contributed by atoms with van der Waals surface area (Å²) in [6.45, 7) is 3.32. The van der Waals surface area contributed by atoms with Gasteiger partial charge in [0.25, 0.3) is 5.69 Å². The monoisotopic (exact) mass is 377 g/mol. The maximum absolute atomic E-state index is 13.1. The molecule has 1 aromatic heterocycles. The number of ketones is 1. The van der Waals surface area contributed by atoms with Gasteiger partial charge in [-0.05, 0) is 55.8 Å². The maximum Gasteiger partial charge on any atom is 0.336 e. The Hall–Kier alpha value is -3.74. The first kappa shape index (κ1) is 17.7. The summed E-state index contributed by atoms with van der Waals surface area (Å²) < 4.78 is 11.2. The van der Waals surface area contributed by atoms with Gasteiger partial charge in [-0.1, -0.05) is 0 Å². The van der Waals surface area contributed by atoms with E-state index in [0.29, 0.717) is 27.8 Å². The molecule has 2 aromatic carbocycles. The topological polar surface area (TPSA) is 99.7 Å². The van der Waals surface area contributed by atoms with Gasteiger partial charge in [0.1, 0.15) is 11.3 Å². The Morgan fingerprint density at radius 1 is 1.00 bits per heavy atom. The largest absolute Gasteiger partial charge is 0.479 e. The Balaban J connectivity index is 1.98. The summed E-state index contributed by atoms with van der Waals surface area (Å²) in [6, 6.07) is 12.3. The van der Waals surface area contributed by atoms with Crippen molar-refractivity contribution in [3.8, 4) is 5.75 Å². The molecule has 2 heterocycles. The van der Waals surface area contributed by atoms with Crippen molar-refractivity contribution in [3.05, 3.63) is 80.2 Å². The zero-order valence-electron chi connectivity index (χ0n) is 15.1. The van der Waals surface area contributed by atoms with Gasteiger partial charge in [0.05, 0.1) is 10.5 Å². The van der Waals surface area contributed by atoms with Crippen LogP contribution in [0.3, 0.4) is 0 Å². The van der Waals surface area contributed by atoms with E-state index in [-0.39, 0.29) is 17.1 Å². The minimum Gasteiger partial charge on any atom is -0.479 e. The molecule has 1 aliphatic heterocycles. The van der Waals surface area contributed by atoms with Gasteiger partial charge in [-0.15, -0.1) is 0 Å². The van der Waals surface area contributed by atoms with Crippen molar-refractivity contribution in [2.75, 3.05) is 0 Å². The van der Waals surface area contributed by atoms with E-state index >= 15 is 0 Å². The van der Waals surface area contributed by atoms with Gasteiger partial charge in [-0.2, -0.15) is 0 Å². The first-order chi connectivity index (χ1) is 13.3. The summed E-state index contributed by atoms with van der Waals surface area (Å²) in [4.78, 5) is 35.2. The van der Waals surface area contributed by atoms with Crippen molar-refractivity contribution in [2.24, 2.45) is 0 Å². The molecule has 7 heteroatoms. The molecule has 4 rings (SSSR count). The van der Waals surface area contributed by atoms with Crippen molar-refractivity contribution in [1.29, 1.82) is 0 Å². The molecule has 7 nitrogen and oxygen atoms in total. The molecule has 0 saturated heterocycles. The SMILES string of the molecule is CC1(C)Oc2ccc3ccc(=O)oc3c2C(=Cc2ccc([N+](=O)[O-])cc2)C1=O. The van der Waals surface area contributed by atoms with E-state index in [4.69, 9.17) is 9.15 Å². The van der Waals surface area contributed by atoms with Crippen LogP contribution in [0.25, 0.3) is 22.6 Å². The zero-order valence-corrected chi connectivity index (χ0v) is 15.1. The first-order valence-electron chi connectivity index (χ1n) is 8.53. The summed E-state index contributed by atoms with van der Waals surface area (Å²) in [6.07, 6.45) is 1.63. The molecule has 28 heavy (non-hydrogen) atoms. The number of nitrogens with zero attached hydrogens (tertiary/aromatic N) is 1. The predicted molar refractivity (Wildman–Crippen MR) is 103 cm³/mol. The van der Waals surface area contributed by atoms with Crippen molar-refractivity contribution in [3.63, 3.8) is 0 Å². The normalized spacial score (nSPS) is 16.6. The molecular weight excluding hydrogens is 362 g/mol. The fraction of sp³-hybridized carbons (Fsp3) is 0.143. The quantitative estimate of drug-likeness (QED) is 0.290. The Bertz CT molecular complexity index is 1220. The zero-order chi connectivity index (χ0) is 20.1. The van der Waals surface area contributed by atoms with Crippen molar-refractivity contribution in [2.45, 2.75) is 19.4 Å². The number of carbonyl (C=O) groups excluding carboxylic acids is 1. The minimum atomic E-state index is -1.11. The van der Waals surface area contributed by atoms with E-state index in [2.05, 4.69) is 0 Å². The van der Waals surface area contributed by atoms with Gasteiger partial charge >= 0.3 is 5.63 Å². The van der Waals surface area contributed by atoms with E-state index in [0.717, 1.165) is 0 Å². The number of non-ortho nitro benzene ring substituents is 1. The Morgan fingerprint density at radius 2 is 1.68 bits per heavy atom. The second kappa shape index (κ2) is 6.16. The van der Waals surface area contributed by atoms with Crippen molar-refractivity contribution < 1.29 is 18.9 Å². The highest BCUT2D eigenvalue weighted by Crippen LogP contribution is 2.42. The molecule has 0 bridgehead atoms. The summed E-state index contributed by atoms with van der Waals surface area (Å²) in [7, 11) is 0. The number of hydrogen-bond donors (Lipinski definition) is 0. The molecular formula is C21H15NO6. The second-order valence-corrected chi connectivity index (χ2v) is 6.96. The lowest BCUT2D eigenvalue weighted by Gasteiger charge is -2.32. The van der Waals surface area contributed by atoms with Crippen LogP contribution >= 0.6 is 0 Å². The standard InChI is InChI=1S/C21H15NO6/c1-21(2)20(24)15(11-12-3-7-14(8-4-12)22(25)26)18-16(28-21)9-5-13-6-10-17(23)27-19(13)18/h3-11H,1-2H3. The fourth-order valence-electron chi connectivity index (χ4n) is 3.21. The number of rotatable bonds is 2. The van der Waals surface area contributed by atoms with Gasteiger partial charge in [0.15, 0.2) is 5.60 Å². The lowest BCUT2D eigenvalue weighted by atomic mass is 9.86. The Morgan fingerprint density at radius 3 is 2.36 bits per heavy atom. The number of Topliss-reactive ketones (excluding diaryl/α,β-unsaturated/α-hetero) is 1. The van der Waals surface area contributed by atoms with Gasteiger partial charge in [0, 0.05) is 29.2 Å². The van der Waals surface area contributed by atoms with E-state index < -0.39 is 16.1 Å². The molecule has 140 valence electrons. The highest BCUT2D eigenvalue weighted by Gasteiger charge is 2.40. The minimum absolute atomic E-state index is 0.0439. The van der Waals surface area contributed by atoms with E-state index in [1.54, 1.807) is 50.3 Å². The smallest absolute Gasteiger partial charge is 0.336 e.